The van der Waals surface area contributed by atoms with Gasteiger partial charge in [-0.3, -0.25) is 0 Å². The van der Waals surface area contributed by atoms with E-state index in [0.717, 1.165) is 12.6 Å². The van der Waals surface area contributed by atoms with Gasteiger partial charge in [0.05, 0.1) is 0 Å². The smallest absolute Gasteiger partial charge is 0.0393 e. The van der Waals surface area contributed by atoms with Crippen LogP contribution in [0.2, 0.25) is 0 Å². The number of hydrogen-bond acceptors (Lipinski definition) is 2. The van der Waals surface area contributed by atoms with Crippen LogP contribution in [0.1, 0.15) is 44.1 Å². The second-order valence-electron chi connectivity index (χ2n) is 5.77. The maximum atomic E-state index is 3.53. The number of fused-ring (bicyclic) bond motifs is 1. The van der Waals surface area contributed by atoms with Gasteiger partial charge >= 0.3 is 0 Å². The van der Waals surface area contributed by atoms with E-state index >= 15 is 0 Å². The molecule has 2 nitrogen and oxygen atoms in total. The first-order valence-corrected chi connectivity index (χ1v) is 7.44. The molecule has 1 aliphatic heterocycles. The average molecular weight is 244 g/mol. The summed E-state index contributed by atoms with van der Waals surface area (Å²) in [5, 5.41) is 3.53. The molecule has 1 heterocycles. The van der Waals surface area contributed by atoms with Crippen LogP contribution in [0.3, 0.4) is 0 Å². The fourth-order valence-corrected chi connectivity index (χ4v) is 3.35. The van der Waals surface area contributed by atoms with Gasteiger partial charge in [0.25, 0.3) is 0 Å². The molecule has 1 N–H and O–H groups in total. The van der Waals surface area contributed by atoms with E-state index in [0.29, 0.717) is 0 Å². The minimum Gasteiger partial charge on any atom is -0.385 e. The van der Waals surface area contributed by atoms with E-state index in [9.17, 15) is 0 Å². The van der Waals surface area contributed by atoms with E-state index in [1.807, 2.05) is 0 Å². The maximum absolute atomic E-state index is 3.53. The van der Waals surface area contributed by atoms with Crippen molar-refractivity contribution in [3.8, 4) is 0 Å². The molecule has 1 aromatic rings. The van der Waals surface area contributed by atoms with E-state index in [2.05, 4.69) is 35.5 Å². The van der Waals surface area contributed by atoms with E-state index < -0.39 is 0 Å². The lowest BCUT2D eigenvalue weighted by Crippen LogP contribution is -2.33. The Morgan fingerprint density at radius 3 is 2.78 bits per heavy atom. The summed E-state index contributed by atoms with van der Waals surface area (Å²) in [6.07, 6.45) is 9.45. The topological polar surface area (TPSA) is 15.3 Å². The second-order valence-corrected chi connectivity index (χ2v) is 5.77. The van der Waals surface area contributed by atoms with E-state index in [1.54, 1.807) is 0 Å². The standard InChI is InChI=1S/C16H24N2/c1-18(14-7-3-2-4-8-14)15-10-9-13-6-5-11-17-16(13)12-15/h9-10,12,14,17H,2-8,11H2,1H3. The third-order valence-corrected chi connectivity index (χ3v) is 4.56. The van der Waals surface area contributed by atoms with Crippen LogP contribution in [-0.2, 0) is 6.42 Å². The van der Waals surface area contributed by atoms with Gasteiger partial charge in [-0.05, 0) is 43.4 Å². The summed E-state index contributed by atoms with van der Waals surface area (Å²) in [5.74, 6) is 0. The van der Waals surface area contributed by atoms with Crippen molar-refractivity contribution >= 4 is 11.4 Å². The van der Waals surface area contributed by atoms with Crippen LogP contribution >= 0.6 is 0 Å². The fourth-order valence-electron chi connectivity index (χ4n) is 3.35. The van der Waals surface area contributed by atoms with Gasteiger partial charge in [0, 0.05) is 31.0 Å². The monoisotopic (exact) mass is 244 g/mol. The lowest BCUT2D eigenvalue weighted by molar-refractivity contribution is 0.427. The summed E-state index contributed by atoms with van der Waals surface area (Å²) < 4.78 is 0. The van der Waals surface area contributed by atoms with Gasteiger partial charge in [0.1, 0.15) is 0 Å². The van der Waals surface area contributed by atoms with Crippen molar-refractivity contribution in [3.63, 3.8) is 0 Å². The number of nitrogens with one attached hydrogen (secondary N) is 1. The molecular formula is C16H24N2. The van der Waals surface area contributed by atoms with Gasteiger partial charge < -0.3 is 10.2 Å². The van der Waals surface area contributed by atoms with E-state index in [4.69, 9.17) is 0 Å². The first kappa shape index (κ1) is 11.9. The zero-order valence-corrected chi connectivity index (χ0v) is 11.4. The Morgan fingerprint density at radius 2 is 1.94 bits per heavy atom. The summed E-state index contributed by atoms with van der Waals surface area (Å²) in [7, 11) is 2.26. The third-order valence-electron chi connectivity index (χ3n) is 4.56. The van der Waals surface area contributed by atoms with Gasteiger partial charge in [-0.25, -0.2) is 0 Å². The number of aryl methyl sites for hydroxylation is 1. The van der Waals surface area contributed by atoms with E-state index in [1.165, 1.54) is 61.9 Å². The average Bonchev–Trinajstić information content (AvgIpc) is 2.47. The van der Waals surface area contributed by atoms with Crippen molar-refractivity contribution in [2.75, 3.05) is 23.8 Å². The van der Waals surface area contributed by atoms with Crippen LogP contribution in [0.25, 0.3) is 0 Å². The zero-order chi connectivity index (χ0) is 12.4. The van der Waals surface area contributed by atoms with Crippen LogP contribution in [0, 0.1) is 0 Å². The molecule has 0 amide bonds. The Kier molecular flexibility index (Phi) is 3.44. The molecule has 0 aromatic heterocycles. The first-order valence-electron chi connectivity index (χ1n) is 7.44. The van der Waals surface area contributed by atoms with Gasteiger partial charge in [0.15, 0.2) is 0 Å². The molecule has 1 aromatic carbocycles. The molecule has 0 bridgehead atoms. The number of nitrogens with zero attached hydrogens (tertiary/aromatic N) is 1. The lowest BCUT2D eigenvalue weighted by Gasteiger charge is -2.33. The molecule has 0 saturated heterocycles. The Hall–Kier alpha value is -1.18. The maximum Gasteiger partial charge on any atom is 0.0393 e. The number of hydrogen-bond donors (Lipinski definition) is 1. The molecule has 1 fully saturated rings. The van der Waals surface area contributed by atoms with Crippen LogP contribution < -0.4 is 10.2 Å². The molecule has 0 spiro atoms. The summed E-state index contributed by atoms with van der Waals surface area (Å²) in [5.41, 5.74) is 4.23. The Balaban J connectivity index is 1.78. The number of rotatable bonds is 2. The molecule has 2 heteroatoms. The van der Waals surface area contributed by atoms with Gasteiger partial charge in [-0.2, -0.15) is 0 Å². The SMILES string of the molecule is CN(c1ccc2c(c1)NCCC2)C1CCCCC1. The summed E-state index contributed by atoms with van der Waals surface area (Å²) in [6, 6.07) is 7.72. The van der Waals surface area contributed by atoms with Crippen molar-refractivity contribution in [2.45, 2.75) is 51.0 Å². The van der Waals surface area contributed by atoms with Crippen molar-refractivity contribution in [1.82, 2.24) is 0 Å². The summed E-state index contributed by atoms with van der Waals surface area (Å²) in [6.45, 7) is 1.13. The quantitative estimate of drug-likeness (QED) is 0.851. The summed E-state index contributed by atoms with van der Waals surface area (Å²) in [4.78, 5) is 2.50. The Bertz CT molecular complexity index is 408. The zero-order valence-electron chi connectivity index (χ0n) is 11.4. The molecule has 2 aliphatic rings. The Morgan fingerprint density at radius 1 is 1.11 bits per heavy atom. The largest absolute Gasteiger partial charge is 0.385 e. The number of benzene rings is 1. The summed E-state index contributed by atoms with van der Waals surface area (Å²) >= 11 is 0. The molecule has 0 atom stereocenters. The van der Waals surface area contributed by atoms with Crippen LogP contribution in [0.5, 0.6) is 0 Å². The highest BCUT2D eigenvalue weighted by atomic mass is 15.1. The highest BCUT2D eigenvalue weighted by molar-refractivity contribution is 5.63. The van der Waals surface area contributed by atoms with Gasteiger partial charge in [0.2, 0.25) is 0 Å². The second kappa shape index (κ2) is 5.21. The van der Waals surface area contributed by atoms with E-state index in [-0.39, 0.29) is 0 Å². The van der Waals surface area contributed by atoms with Crippen molar-refractivity contribution in [1.29, 1.82) is 0 Å². The number of anilines is 2. The molecule has 0 unspecified atom stereocenters. The van der Waals surface area contributed by atoms with Crippen LogP contribution in [0.4, 0.5) is 11.4 Å². The molecule has 3 rings (SSSR count). The molecule has 0 radical (unpaired) electrons. The molecular weight excluding hydrogens is 220 g/mol. The predicted octanol–water partition coefficient (Wildman–Crippen LogP) is 3.81. The molecule has 1 aliphatic carbocycles. The van der Waals surface area contributed by atoms with Crippen LogP contribution in [-0.4, -0.2) is 19.6 Å². The highest BCUT2D eigenvalue weighted by Crippen LogP contribution is 2.30. The highest BCUT2D eigenvalue weighted by Gasteiger charge is 2.19. The minimum absolute atomic E-state index is 0.750. The third kappa shape index (κ3) is 2.33. The van der Waals surface area contributed by atoms with Gasteiger partial charge in [-0.1, -0.05) is 25.3 Å². The fraction of sp³-hybridized carbons (Fsp3) is 0.625. The normalized spacial score (nSPS) is 20.1. The molecule has 98 valence electrons. The Labute approximate surface area is 110 Å². The molecule has 1 saturated carbocycles. The van der Waals surface area contributed by atoms with Crippen molar-refractivity contribution in [2.24, 2.45) is 0 Å². The predicted molar refractivity (Wildman–Crippen MR) is 78.5 cm³/mol. The first-order chi connectivity index (χ1) is 8.84. The lowest BCUT2D eigenvalue weighted by atomic mass is 9.94. The molecule has 18 heavy (non-hydrogen) atoms. The van der Waals surface area contributed by atoms with Gasteiger partial charge in [-0.15, -0.1) is 0 Å². The van der Waals surface area contributed by atoms with Crippen molar-refractivity contribution < 1.29 is 0 Å². The minimum atomic E-state index is 0.750. The van der Waals surface area contributed by atoms with Crippen molar-refractivity contribution in [3.05, 3.63) is 23.8 Å². The van der Waals surface area contributed by atoms with Crippen LogP contribution in [0.15, 0.2) is 18.2 Å².